The predicted octanol–water partition coefficient (Wildman–Crippen LogP) is 3.04. The molecule has 148 valence electrons. The first-order chi connectivity index (χ1) is 12.9. The average Bonchev–Trinajstić information content (AvgIpc) is 3.12. The molecular weight excluding hydrogens is 348 g/mol. The van der Waals surface area contributed by atoms with Gasteiger partial charge in [-0.3, -0.25) is 10.1 Å². The largest absolute Gasteiger partial charge is 0.494 e. The van der Waals surface area contributed by atoms with Crippen molar-refractivity contribution in [2.24, 2.45) is 5.92 Å². The maximum Gasteiger partial charge on any atom is 0.338 e. The van der Waals surface area contributed by atoms with Crippen LogP contribution in [0.3, 0.4) is 0 Å². The molecule has 0 radical (unpaired) electrons. The molecular formula is C20H28N2O5. The third-order valence-corrected chi connectivity index (χ3v) is 4.33. The van der Waals surface area contributed by atoms with Crippen molar-refractivity contribution in [3.63, 3.8) is 0 Å². The van der Waals surface area contributed by atoms with E-state index in [0.29, 0.717) is 23.8 Å². The van der Waals surface area contributed by atoms with E-state index in [1.807, 2.05) is 0 Å². The number of hydrogen-bond acceptors (Lipinski definition) is 5. The van der Waals surface area contributed by atoms with Crippen molar-refractivity contribution < 1.29 is 23.9 Å². The molecule has 1 aromatic rings. The smallest absolute Gasteiger partial charge is 0.338 e. The summed E-state index contributed by atoms with van der Waals surface area (Å²) in [4.78, 5) is 35.4. The molecule has 2 N–H and O–H groups in total. The van der Waals surface area contributed by atoms with Crippen LogP contribution in [0.15, 0.2) is 24.3 Å². The first-order valence-electron chi connectivity index (χ1n) is 9.44. The third-order valence-electron chi connectivity index (χ3n) is 4.33. The number of carbonyl (C=O) groups is 3. The van der Waals surface area contributed by atoms with Crippen LogP contribution >= 0.6 is 0 Å². The Balaban J connectivity index is 1.69. The van der Waals surface area contributed by atoms with Crippen LogP contribution in [-0.4, -0.2) is 37.2 Å². The second-order valence-corrected chi connectivity index (χ2v) is 7.13. The summed E-state index contributed by atoms with van der Waals surface area (Å²) < 4.78 is 10.5. The molecule has 3 amide bonds. The molecule has 0 atom stereocenters. The van der Waals surface area contributed by atoms with Gasteiger partial charge in [-0.15, -0.1) is 0 Å². The maximum atomic E-state index is 12.0. The fraction of sp³-hybridized carbons (Fsp3) is 0.550. The quantitative estimate of drug-likeness (QED) is 0.680. The van der Waals surface area contributed by atoms with E-state index < -0.39 is 24.5 Å². The number of urea groups is 1. The van der Waals surface area contributed by atoms with E-state index in [-0.39, 0.29) is 6.04 Å². The number of imide groups is 1. The fourth-order valence-electron chi connectivity index (χ4n) is 2.77. The number of benzene rings is 1. The first-order valence-corrected chi connectivity index (χ1v) is 9.44. The van der Waals surface area contributed by atoms with Gasteiger partial charge in [-0.1, -0.05) is 26.7 Å². The van der Waals surface area contributed by atoms with Crippen LogP contribution in [0, 0.1) is 5.92 Å². The predicted molar refractivity (Wildman–Crippen MR) is 101 cm³/mol. The van der Waals surface area contributed by atoms with Gasteiger partial charge in [0.05, 0.1) is 12.2 Å². The van der Waals surface area contributed by atoms with E-state index in [2.05, 4.69) is 24.5 Å². The van der Waals surface area contributed by atoms with Gasteiger partial charge in [-0.2, -0.15) is 0 Å². The Morgan fingerprint density at radius 1 is 1.11 bits per heavy atom. The highest BCUT2D eigenvalue weighted by Crippen LogP contribution is 2.17. The van der Waals surface area contributed by atoms with Crippen molar-refractivity contribution in [1.29, 1.82) is 0 Å². The Kier molecular flexibility index (Phi) is 8.10. The van der Waals surface area contributed by atoms with E-state index >= 15 is 0 Å². The summed E-state index contributed by atoms with van der Waals surface area (Å²) >= 11 is 0. The van der Waals surface area contributed by atoms with Crippen LogP contribution in [0.4, 0.5) is 4.79 Å². The van der Waals surface area contributed by atoms with Crippen LogP contribution in [0.5, 0.6) is 5.75 Å². The zero-order chi connectivity index (χ0) is 19.6. The van der Waals surface area contributed by atoms with E-state index in [0.717, 1.165) is 32.1 Å². The molecule has 7 nitrogen and oxygen atoms in total. The van der Waals surface area contributed by atoms with Crippen LogP contribution < -0.4 is 15.4 Å². The summed E-state index contributed by atoms with van der Waals surface area (Å²) in [6.45, 7) is 4.35. The fourth-order valence-corrected chi connectivity index (χ4v) is 2.77. The summed E-state index contributed by atoms with van der Waals surface area (Å²) in [5, 5.41) is 4.90. The molecule has 0 aromatic heterocycles. The number of hydrogen-bond donors (Lipinski definition) is 2. The van der Waals surface area contributed by atoms with E-state index in [4.69, 9.17) is 9.47 Å². The van der Waals surface area contributed by atoms with Crippen molar-refractivity contribution in [3.05, 3.63) is 29.8 Å². The van der Waals surface area contributed by atoms with Gasteiger partial charge in [0, 0.05) is 6.04 Å². The minimum atomic E-state index is -0.660. The number of rotatable bonds is 8. The zero-order valence-electron chi connectivity index (χ0n) is 16.0. The lowest BCUT2D eigenvalue weighted by atomic mass is 10.1. The summed E-state index contributed by atoms with van der Waals surface area (Å²) in [7, 11) is 0. The molecule has 2 rings (SSSR count). The van der Waals surface area contributed by atoms with Gasteiger partial charge in [0.2, 0.25) is 0 Å². The van der Waals surface area contributed by atoms with Crippen LogP contribution in [0.25, 0.3) is 0 Å². The standard InChI is InChI=1S/C20H28N2O5/c1-14(2)11-12-26-17-9-7-15(8-10-17)19(24)27-13-18(23)22-20(25)21-16-5-3-4-6-16/h7-10,14,16H,3-6,11-13H2,1-2H3,(H2,21,22,23,25). The third kappa shape index (κ3) is 7.68. The molecule has 0 heterocycles. The lowest BCUT2D eigenvalue weighted by molar-refractivity contribution is -0.123. The zero-order valence-corrected chi connectivity index (χ0v) is 16.0. The minimum absolute atomic E-state index is 0.113. The maximum absolute atomic E-state index is 12.0. The molecule has 1 aliphatic carbocycles. The van der Waals surface area contributed by atoms with Gasteiger partial charge in [0.25, 0.3) is 5.91 Å². The Labute approximate surface area is 159 Å². The minimum Gasteiger partial charge on any atom is -0.494 e. The van der Waals surface area contributed by atoms with E-state index in [1.54, 1.807) is 24.3 Å². The number of carbonyl (C=O) groups excluding carboxylic acids is 3. The molecule has 7 heteroatoms. The topological polar surface area (TPSA) is 93.7 Å². The molecule has 0 unspecified atom stereocenters. The van der Waals surface area contributed by atoms with Crippen molar-refractivity contribution in [2.45, 2.75) is 52.0 Å². The molecule has 1 fully saturated rings. The second-order valence-electron chi connectivity index (χ2n) is 7.13. The SMILES string of the molecule is CC(C)CCOc1ccc(C(=O)OCC(=O)NC(=O)NC2CCCC2)cc1. The molecule has 0 saturated heterocycles. The van der Waals surface area contributed by atoms with E-state index in [9.17, 15) is 14.4 Å². The second kappa shape index (κ2) is 10.5. The van der Waals surface area contributed by atoms with Crippen LogP contribution in [0.1, 0.15) is 56.3 Å². The van der Waals surface area contributed by atoms with Crippen molar-refractivity contribution in [2.75, 3.05) is 13.2 Å². The number of ether oxygens (including phenoxy) is 2. The molecule has 1 saturated carbocycles. The normalized spacial score (nSPS) is 14.0. The molecule has 1 aromatic carbocycles. The van der Waals surface area contributed by atoms with Crippen LogP contribution in [-0.2, 0) is 9.53 Å². The van der Waals surface area contributed by atoms with Crippen LogP contribution in [0.2, 0.25) is 0 Å². The van der Waals surface area contributed by atoms with Gasteiger partial charge in [-0.25, -0.2) is 9.59 Å². The van der Waals surface area contributed by atoms with Crippen molar-refractivity contribution >= 4 is 17.9 Å². The summed E-state index contributed by atoms with van der Waals surface area (Å²) in [6.07, 6.45) is 4.96. The van der Waals surface area contributed by atoms with Crippen molar-refractivity contribution in [3.8, 4) is 5.75 Å². The summed E-state index contributed by atoms with van der Waals surface area (Å²) in [6, 6.07) is 6.10. The summed E-state index contributed by atoms with van der Waals surface area (Å²) in [5.41, 5.74) is 0.314. The highest BCUT2D eigenvalue weighted by Gasteiger charge is 2.18. The van der Waals surface area contributed by atoms with Gasteiger partial charge >= 0.3 is 12.0 Å². The number of amides is 3. The van der Waals surface area contributed by atoms with Gasteiger partial charge in [0.15, 0.2) is 6.61 Å². The highest BCUT2D eigenvalue weighted by atomic mass is 16.5. The molecule has 0 spiro atoms. The van der Waals surface area contributed by atoms with Gasteiger partial charge < -0.3 is 14.8 Å². The summed E-state index contributed by atoms with van der Waals surface area (Å²) in [5.74, 6) is -0.0539. The van der Waals surface area contributed by atoms with Gasteiger partial charge in [0.1, 0.15) is 5.75 Å². The highest BCUT2D eigenvalue weighted by molar-refractivity contribution is 5.97. The average molecular weight is 376 g/mol. The molecule has 1 aliphatic rings. The lowest BCUT2D eigenvalue weighted by Gasteiger charge is -2.12. The Bertz CT molecular complexity index is 636. The first kappa shape index (κ1) is 20.7. The molecule has 27 heavy (non-hydrogen) atoms. The number of nitrogens with one attached hydrogen (secondary N) is 2. The Hall–Kier alpha value is -2.57. The van der Waals surface area contributed by atoms with Crippen molar-refractivity contribution in [1.82, 2.24) is 10.6 Å². The van der Waals surface area contributed by atoms with E-state index in [1.165, 1.54) is 0 Å². The lowest BCUT2D eigenvalue weighted by Crippen LogP contribution is -2.44. The Morgan fingerprint density at radius 2 is 1.78 bits per heavy atom. The van der Waals surface area contributed by atoms with Gasteiger partial charge in [-0.05, 0) is 49.4 Å². The Morgan fingerprint density at radius 3 is 2.41 bits per heavy atom. The monoisotopic (exact) mass is 376 g/mol. The molecule has 0 aliphatic heterocycles. The molecule has 0 bridgehead atoms. The number of esters is 1.